The van der Waals surface area contributed by atoms with E-state index in [1.54, 1.807) is 18.2 Å². The smallest absolute Gasteiger partial charge is 0.257 e. The van der Waals surface area contributed by atoms with Gasteiger partial charge in [-0.3, -0.25) is 9.59 Å². The second-order valence-electron chi connectivity index (χ2n) is 7.54. The first-order chi connectivity index (χ1) is 14.7. The fraction of sp³-hybridized carbons (Fsp3) is 0.455. The van der Waals surface area contributed by atoms with Gasteiger partial charge < -0.3 is 19.7 Å². The van der Waals surface area contributed by atoms with Gasteiger partial charge in [-0.25, -0.2) is 9.97 Å². The highest BCUT2D eigenvalue weighted by molar-refractivity contribution is 5.97. The molecule has 0 saturated heterocycles. The number of ether oxygens (including phenoxy) is 2. The van der Waals surface area contributed by atoms with Crippen LogP contribution in [0.5, 0.6) is 11.5 Å². The number of hydrogen-bond donors (Lipinski definition) is 1. The van der Waals surface area contributed by atoms with E-state index >= 15 is 0 Å². The van der Waals surface area contributed by atoms with Gasteiger partial charge in [0.25, 0.3) is 5.91 Å². The van der Waals surface area contributed by atoms with E-state index in [2.05, 4.69) is 15.3 Å². The van der Waals surface area contributed by atoms with E-state index < -0.39 is 0 Å². The second kappa shape index (κ2) is 9.11. The minimum Gasteiger partial charge on any atom is -0.493 e. The monoisotopic (exact) mass is 410 g/mol. The third-order valence-electron chi connectivity index (χ3n) is 5.27. The van der Waals surface area contributed by atoms with Crippen LogP contribution in [0.25, 0.3) is 0 Å². The van der Waals surface area contributed by atoms with Crippen molar-refractivity contribution in [2.45, 2.75) is 31.6 Å². The lowest BCUT2D eigenvalue weighted by molar-refractivity contribution is -0.121. The molecule has 1 aromatic carbocycles. The van der Waals surface area contributed by atoms with Crippen molar-refractivity contribution in [2.75, 3.05) is 33.4 Å². The van der Waals surface area contributed by atoms with Crippen LogP contribution in [0.1, 0.15) is 47.1 Å². The van der Waals surface area contributed by atoms with E-state index in [0.29, 0.717) is 42.7 Å². The lowest BCUT2D eigenvalue weighted by atomic mass is 10.1. The number of aromatic nitrogens is 2. The first-order valence-electron chi connectivity index (χ1n) is 10.3. The molecule has 4 rings (SSSR count). The highest BCUT2D eigenvalue weighted by Crippen LogP contribution is 2.38. The Hall–Kier alpha value is -3.16. The maximum atomic E-state index is 12.9. The number of fused-ring (bicyclic) bond motifs is 1. The average Bonchev–Trinajstić information content (AvgIpc) is 3.61. The lowest BCUT2D eigenvalue weighted by Gasteiger charge is -2.20. The SMILES string of the molecule is COc1ccccc1OCCNC(=O)CN1CCCc2nc(C3CC3)ncc2C1=O. The zero-order valence-electron chi connectivity index (χ0n) is 17.1. The fourth-order valence-corrected chi connectivity index (χ4v) is 3.52. The standard InChI is InChI=1S/C22H26N4O4/c1-29-18-6-2-3-7-19(18)30-12-10-23-20(27)14-26-11-4-5-17-16(22(26)28)13-24-21(25-17)15-8-9-15/h2-3,6-7,13,15H,4-5,8-12,14H2,1H3,(H,23,27). The Bertz CT molecular complexity index is 929. The molecule has 2 aliphatic rings. The van der Waals surface area contributed by atoms with Gasteiger partial charge in [0.15, 0.2) is 11.5 Å². The van der Waals surface area contributed by atoms with Gasteiger partial charge >= 0.3 is 0 Å². The molecular formula is C22H26N4O4. The molecule has 0 spiro atoms. The van der Waals surface area contributed by atoms with Crippen LogP contribution in [-0.4, -0.2) is 60.0 Å². The van der Waals surface area contributed by atoms with E-state index in [1.165, 1.54) is 0 Å². The van der Waals surface area contributed by atoms with Crippen molar-refractivity contribution in [2.24, 2.45) is 0 Å². The number of nitrogens with one attached hydrogen (secondary N) is 1. The third kappa shape index (κ3) is 4.69. The van der Waals surface area contributed by atoms with Crippen molar-refractivity contribution in [1.29, 1.82) is 0 Å². The van der Waals surface area contributed by atoms with Gasteiger partial charge in [0.2, 0.25) is 5.91 Å². The molecule has 30 heavy (non-hydrogen) atoms. The number of rotatable bonds is 8. The molecule has 0 atom stereocenters. The van der Waals surface area contributed by atoms with Crippen LogP contribution in [0.4, 0.5) is 0 Å². The molecule has 1 N–H and O–H groups in total. The number of carbonyl (C=O) groups excluding carboxylic acids is 2. The van der Waals surface area contributed by atoms with Crippen LogP contribution in [0.15, 0.2) is 30.5 Å². The Morgan fingerprint density at radius 2 is 2.07 bits per heavy atom. The molecule has 158 valence electrons. The lowest BCUT2D eigenvalue weighted by Crippen LogP contribution is -2.41. The molecule has 2 aromatic rings. The van der Waals surface area contributed by atoms with Gasteiger partial charge in [-0.15, -0.1) is 0 Å². The van der Waals surface area contributed by atoms with E-state index in [9.17, 15) is 9.59 Å². The predicted octanol–water partition coefficient (Wildman–Crippen LogP) is 1.95. The molecule has 0 radical (unpaired) electrons. The summed E-state index contributed by atoms with van der Waals surface area (Å²) in [5.74, 6) is 2.18. The van der Waals surface area contributed by atoms with E-state index in [-0.39, 0.29) is 18.4 Å². The molecular weight excluding hydrogens is 384 g/mol. The molecule has 2 heterocycles. The number of hydrogen-bond acceptors (Lipinski definition) is 6. The summed E-state index contributed by atoms with van der Waals surface area (Å²) in [6.45, 7) is 1.18. The molecule has 8 nitrogen and oxygen atoms in total. The zero-order chi connectivity index (χ0) is 20.9. The van der Waals surface area contributed by atoms with Gasteiger partial charge in [0.05, 0.1) is 31.5 Å². The number of para-hydroxylation sites is 2. The zero-order valence-corrected chi connectivity index (χ0v) is 17.1. The van der Waals surface area contributed by atoms with Crippen molar-refractivity contribution in [1.82, 2.24) is 20.2 Å². The number of aryl methyl sites for hydroxylation is 1. The third-order valence-corrected chi connectivity index (χ3v) is 5.27. The Morgan fingerprint density at radius 1 is 1.27 bits per heavy atom. The van der Waals surface area contributed by atoms with E-state index in [4.69, 9.17) is 9.47 Å². The maximum Gasteiger partial charge on any atom is 0.257 e. The van der Waals surface area contributed by atoms with E-state index in [1.807, 2.05) is 24.3 Å². The van der Waals surface area contributed by atoms with Gasteiger partial charge in [0, 0.05) is 18.7 Å². The molecule has 8 heteroatoms. The van der Waals surface area contributed by atoms with Gasteiger partial charge in [-0.2, -0.15) is 0 Å². The highest BCUT2D eigenvalue weighted by Gasteiger charge is 2.30. The molecule has 1 aromatic heterocycles. The van der Waals surface area contributed by atoms with Crippen molar-refractivity contribution < 1.29 is 19.1 Å². The van der Waals surface area contributed by atoms with Crippen LogP contribution in [-0.2, 0) is 11.2 Å². The molecule has 1 fully saturated rings. The van der Waals surface area contributed by atoms with Crippen molar-refractivity contribution >= 4 is 11.8 Å². The molecule has 0 bridgehead atoms. The summed E-state index contributed by atoms with van der Waals surface area (Å²) in [6.07, 6.45) is 5.40. The number of benzene rings is 1. The molecule has 0 unspecified atom stereocenters. The normalized spacial score (nSPS) is 15.9. The fourth-order valence-electron chi connectivity index (χ4n) is 3.52. The Kier molecular flexibility index (Phi) is 6.11. The summed E-state index contributed by atoms with van der Waals surface area (Å²) in [4.78, 5) is 35.8. The van der Waals surface area contributed by atoms with Crippen LogP contribution in [0.3, 0.4) is 0 Å². The minimum atomic E-state index is -0.217. The summed E-state index contributed by atoms with van der Waals surface area (Å²) < 4.78 is 10.9. The Balaban J connectivity index is 1.28. The number of carbonyl (C=O) groups is 2. The second-order valence-corrected chi connectivity index (χ2v) is 7.54. The van der Waals surface area contributed by atoms with Crippen molar-refractivity contribution in [3.05, 3.63) is 47.5 Å². The molecule has 1 aliphatic heterocycles. The van der Waals surface area contributed by atoms with Crippen LogP contribution < -0.4 is 14.8 Å². The van der Waals surface area contributed by atoms with Crippen LogP contribution in [0.2, 0.25) is 0 Å². The average molecular weight is 410 g/mol. The van der Waals surface area contributed by atoms with Crippen LogP contribution >= 0.6 is 0 Å². The largest absolute Gasteiger partial charge is 0.493 e. The summed E-state index contributed by atoms with van der Waals surface area (Å²) in [5, 5.41) is 2.81. The van der Waals surface area contributed by atoms with Gasteiger partial charge in [-0.1, -0.05) is 12.1 Å². The van der Waals surface area contributed by atoms with Crippen LogP contribution in [0, 0.1) is 0 Å². The number of amides is 2. The summed E-state index contributed by atoms with van der Waals surface area (Å²) >= 11 is 0. The molecule has 1 aliphatic carbocycles. The summed E-state index contributed by atoms with van der Waals surface area (Å²) in [6, 6.07) is 7.34. The molecule has 1 saturated carbocycles. The summed E-state index contributed by atoms with van der Waals surface area (Å²) in [5.41, 5.74) is 1.33. The first-order valence-corrected chi connectivity index (χ1v) is 10.3. The quantitative estimate of drug-likeness (QED) is 0.669. The van der Waals surface area contributed by atoms with Gasteiger partial charge in [0.1, 0.15) is 12.4 Å². The first kappa shape index (κ1) is 20.1. The Morgan fingerprint density at radius 3 is 2.83 bits per heavy atom. The summed E-state index contributed by atoms with van der Waals surface area (Å²) in [7, 11) is 1.58. The predicted molar refractivity (Wildman–Crippen MR) is 110 cm³/mol. The highest BCUT2D eigenvalue weighted by atomic mass is 16.5. The Labute approximate surface area is 175 Å². The van der Waals surface area contributed by atoms with Crippen molar-refractivity contribution in [3.8, 4) is 11.5 Å². The number of nitrogens with zero attached hydrogens (tertiary/aromatic N) is 3. The van der Waals surface area contributed by atoms with Gasteiger partial charge in [-0.05, 0) is 37.8 Å². The van der Waals surface area contributed by atoms with Crippen molar-refractivity contribution in [3.63, 3.8) is 0 Å². The maximum absolute atomic E-state index is 12.9. The molecule has 2 amide bonds. The van der Waals surface area contributed by atoms with E-state index in [0.717, 1.165) is 37.2 Å². The minimum absolute atomic E-state index is 0.0112. The number of methoxy groups -OCH3 is 1. The topological polar surface area (TPSA) is 93.7 Å².